The highest BCUT2D eigenvalue weighted by Gasteiger charge is 2.15. The molecule has 0 amide bonds. The van der Waals surface area contributed by atoms with Crippen molar-refractivity contribution in [3.8, 4) is 11.6 Å². The van der Waals surface area contributed by atoms with Gasteiger partial charge in [-0.3, -0.25) is 0 Å². The lowest BCUT2D eigenvalue weighted by Gasteiger charge is -2.08. The fourth-order valence-electron chi connectivity index (χ4n) is 1.59. The summed E-state index contributed by atoms with van der Waals surface area (Å²) >= 11 is 0. The summed E-state index contributed by atoms with van der Waals surface area (Å²) in [5.74, 6) is -0.674. The zero-order valence-electron chi connectivity index (χ0n) is 9.54. The van der Waals surface area contributed by atoms with E-state index in [2.05, 4.69) is 5.10 Å². The molecule has 0 bridgehead atoms. The predicted octanol–water partition coefficient (Wildman–Crippen LogP) is 1.89. The molecule has 1 N–H and O–H groups in total. The number of methoxy groups -OCH3 is 1. The lowest BCUT2D eigenvalue weighted by Crippen LogP contribution is -2.03. The van der Waals surface area contributed by atoms with E-state index in [0.717, 1.165) is 11.3 Å². The van der Waals surface area contributed by atoms with E-state index in [4.69, 9.17) is 9.84 Å². The van der Waals surface area contributed by atoms with Gasteiger partial charge in [-0.25, -0.2) is 4.79 Å². The fourth-order valence-corrected chi connectivity index (χ4v) is 1.59. The number of aryl methyl sites for hydroxylation is 1. The van der Waals surface area contributed by atoms with E-state index in [-0.39, 0.29) is 5.69 Å². The first-order valence-corrected chi connectivity index (χ1v) is 5.07. The first-order valence-electron chi connectivity index (χ1n) is 5.07. The number of benzene rings is 1. The number of carboxylic acids is 1. The van der Waals surface area contributed by atoms with Gasteiger partial charge in [-0.05, 0) is 18.6 Å². The lowest BCUT2D eigenvalue weighted by atomic mass is 10.2. The van der Waals surface area contributed by atoms with Crippen LogP contribution in [0.4, 0.5) is 0 Å². The molecule has 88 valence electrons. The minimum atomic E-state index is -1.07. The summed E-state index contributed by atoms with van der Waals surface area (Å²) in [5, 5.41) is 12.9. The van der Waals surface area contributed by atoms with E-state index in [1.807, 2.05) is 31.2 Å². The molecule has 0 spiro atoms. The molecule has 0 unspecified atom stereocenters. The minimum absolute atomic E-state index is 0.0369. The summed E-state index contributed by atoms with van der Waals surface area (Å²) in [7, 11) is 1.48. The Morgan fingerprint density at radius 2 is 2.12 bits per heavy atom. The molecule has 1 aromatic carbocycles. The fraction of sp³-hybridized carbons (Fsp3) is 0.167. The Balaban J connectivity index is 2.59. The molecule has 0 aliphatic heterocycles. The Morgan fingerprint density at radius 3 is 2.71 bits per heavy atom. The normalized spacial score (nSPS) is 10.2. The molecule has 1 heterocycles. The number of nitrogens with zero attached hydrogens (tertiary/aromatic N) is 2. The molecule has 5 heteroatoms. The van der Waals surface area contributed by atoms with Crippen molar-refractivity contribution >= 4 is 5.97 Å². The summed E-state index contributed by atoms with van der Waals surface area (Å²) in [6, 6.07) is 8.96. The molecule has 0 saturated heterocycles. The van der Waals surface area contributed by atoms with Gasteiger partial charge in [-0.2, -0.15) is 9.78 Å². The third kappa shape index (κ3) is 1.99. The highest BCUT2D eigenvalue weighted by atomic mass is 16.5. The van der Waals surface area contributed by atoms with E-state index in [1.165, 1.54) is 17.9 Å². The number of para-hydroxylation sites is 1. The maximum Gasteiger partial charge on any atom is 0.356 e. The molecule has 0 atom stereocenters. The second kappa shape index (κ2) is 4.29. The number of hydrogen-bond donors (Lipinski definition) is 1. The van der Waals surface area contributed by atoms with E-state index in [0.29, 0.717) is 5.88 Å². The molecule has 2 rings (SSSR count). The van der Waals surface area contributed by atoms with Crippen LogP contribution in [-0.2, 0) is 0 Å². The largest absolute Gasteiger partial charge is 0.481 e. The summed E-state index contributed by atoms with van der Waals surface area (Å²) in [5.41, 5.74) is 1.76. The zero-order chi connectivity index (χ0) is 12.4. The third-order valence-corrected chi connectivity index (χ3v) is 2.45. The quantitative estimate of drug-likeness (QED) is 0.877. The van der Waals surface area contributed by atoms with Crippen LogP contribution in [-0.4, -0.2) is 28.0 Å². The van der Waals surface area contributed by atoms with Crippen molar-refractivity contribution in [1.29, 1.82) is 0 Å². The van der Waals surface area contributed by atoms with Gasteiger partial charge >= 0.3 is 5.97 Å². The Morgan fingerprint density at radius 1 is 1.41 bits per heavy atom. The first kappa shape index (κ1) is 11.2. The van der Waals surface area contributed by atoms with E-state index < -0.39 is 5.97 Å². The smallest absolute Gasteiger partial charge is 0.356 e. The van der Waals surface area contributed by atoms with E-state index in [9.17, 15) is 4.79 Å². The summed E-state index contributed by atoms with van der Waals surface area (Å²) < 4.78 is 6.61. The number of aromatic nitrogens is 2. The van der Waals surface area contributed by atoms with E-state index >= 15 is 0 Å². The minimum Gasteiger partial charge on any atom is -0.481 e. The van der Waals surface area contributed by atoms with Crippen molar-refractivity contribution < 1.29 is 14.6 Å². The number of aromatic carboxylic acids is 1. The maximum absolute atomic E-state index is 10.9. The van der Waals surface area contributed by atoms with Gasteiger partial charge in [0.15, 0.2) is 5.69 Å². The van der Waals surface area contributed by atoms with Crippen molar-refractivity contribution in [2.75, 3.05) is 7.11 Å². The van der Waals surface area contributed by atoms with Crippen LogP contribution in [0, 0.1) is 6.92 Å². The van der Waals surface area contributed by atoms with Crippen LogP contribution in [0.1, 0.15) is 16.1 Å². The standard InChI is InChI=1S/C12H12N2O3/c1-8-5-3-4-6-10(8)14-11(17-2)7-9(13-14)12(15)16/h3-7H,1-2H3,(H,15,16). The number of hydrogen-bond acceptors (Lipinski definition) is 3. The highest BCUT2D eigenvalue weighted by Crippen LogP contribution is 2.21. The molecular formula is C12H12N2O3. The topological polar surface area (TPSA) is 64.3 Å². The second-order valence-corrected chi connectivity index (χ2v) is 3.58. The van der Waals surface area contributed by atoms with Gasteiger partial charge in [-0.15, -0.1) is 0 Å². The Labute approximate surface area is 98.3 Å². The zero-order valence-corrected chi connectivity index (χ0v) is 9.54. The van der Waals surface area contributed by atoms with Gasteiger partial charge in [0.05, 0.1) is 12.8 Å². The summed E-state index contributed by atoms with van der Waals surface area (Å²) in [6.45, 7) is 1.93. The van der Waals surface area contributed by atoms with Crippen LogP contribution in [0.15, 0.2) is 30.3 Å². The Hall–Kier alpha value is -2.30. The average molecular weight is 232 g/mol. The van der Waals surface area contributed by atoms with Gasteiger partial charge in [0.2, 0.25) is 5.88 Å². The maximum atomic E-state index is 10.9. The van der Waals surface area contributed by atoms with Crippen molar-refractivity contribution in [3.05, 3.63) is 41.6 Å². The summed E-state index contributed by atoms with van der Waals surface area (Å²) in [6.07, 6.45) is 0. The molecule has 0 aliphatic carbocycles. The van der Waals surface area contributed by atoms with Crippen LogP contribution >= 0.6 is 0 Å². The summed E-state index contributed by atoms with van der Waals surface area (Å²) in [4.78, 5) is 10.9. The van der Waals surface area contributed by atoms with Crippen LogP contribution in [0.25, 0.3) is 5.69 Å². The van der Waals surface area contributed by atoms with Crippen molar-refractivity contribution in [1.82, 2.24) is 9.78 Å². The average Bonchev–Trinajstić information content (AvgIpc) is 2.73. The van der Waals surface area contributed by atoms with Gasteiger partial charge < -0.3 is 9.84 Å². The third-order valence-electron chi connectivity index (χ3n) is 2.45. The Bertz CT molecular complexity index is 561. The van der Waals surface area contributed by atoms with Gasteiger partial charge in [0, 0.05) is 6.07 Å². The molecular weight excluding hydrogens is 220 g/mol. The molecule has 5 nitrogen and oxygen atoms in total. The lowest BCUT2D eigenvalue weighted by molar-refractivity contribution is 0.0690. The molecule has 0 radical (unpaired) electrons. The SMILES string of the molecule is COc1cc(C(=O)O)nn1-c1ccccc1C. The van der Waals surface area contributed by atoms with Gasteiger partial charge in [-0.1, -0.05) is 18.2 Å². The molecule has 2 aromatic rings. The molecule has 1 aromatic heterocycles. The molecule has 0 fully saturated rings. The highest BCUT2D eigenvalue weighted by molar-refractivity contribution is 5.85. The van der Waals surface area contributed by atoms with Crippen molar-refractivity contribution in [3.63, 3.8) is 0 Å². The van der Waals surface area contributed by atoms with Gasteiger partial charge in [0.1, 0.15) is 0 Å². The van der Waals surface area contributed by atoms with Gasteiger partial charge in [0.25, 0.3) is 0 Å². The van der Waals surface area contributed by atoms with Crippen molar-refractivity contribution in [2.45, 2.75) is 6.92 Å². The molecule has 0 aliphatic rings. The Kier molecular flexibility index (Phi) is 2.82. The monoisotopic (exact) mass is 232 g/mol. The van der Waals surface area contributed by atoms with Crippen LogP contribution in [0.2, 0.25) is 0 Å². The number of carbonyl (C=O) groups is 1. The molecule has 0 saturated carbocycles. The van der Waals surface area contributed by atoms with Crippen LogP contribution in [0.3, 0.4) is 0 Å². The number of ether oxygens (including phenoxy) is 1. The number of carboxylic acid groups (broad SMARTS) is 1. The first-order chi connectivity index (χ1) is 8.13. The van der Waals surface area contributed by atoms with Crippen LogP contribution in [0.5, 0.6) is 5.88 Å². The molecule has 17 heavy (non-hydrogen) atoms. The predicted molar refractivity (Wildman–Crippen MR) is 61.8 cm³/mol. The van der Waals surface area contributed by atoms with E-state index in [1.54, 1.807) is 0 Å². The van der Waals surface area contributed by atoms with Crippen molar-refractivity contribution in [2.24, 2.45) is 0 Å². The second-order valence-electron chi connectivity index (χ2n) is 3.58. The number of rotatable bonds is 3. The van der Waals surface area contributed by atoms with Crippen LogP contribution < -0.4 is 4.74 Å².